The molecule has 17 heavy (non-hydrogen) atoms. The highest BCUT2D eigenvalue weighted by atomic mass is 32.2. The highest BCUT2D eigenvalue weighted by Gasteiger charge is 2.56. The van der Waals surface area contributed by atoms with Crippen molar-refractivity contribution in [2.75, 3.05) is 0 Å². The van der Waals surface area contributed by atoms with Crippen LogP contribution in [0.2, 0.25) is 0 Å². The molecule has 2 bridgehead atoms. The average Bonchev–Trinajstić information content (AvgIpc) is 2.71. The third-order valence-electron chi connectivity index (χ3n) is 3.84. The third kappa shape index (κ3) is 1.78. The predicted octanol–water partition coefficient (Wildman–Crippen LogP) is 1.05. The van der Waals surface area contributed by atoms with Gasteiger partial charge in [-0.3, -0.25) is 4.79 Å². The largest absolute Gasteiger partial charge is 0.481 e. The van der Waals surface area contributed by atoms with E-state index in [-0.39, 0.29) is 12.1 Å². The molecule has 3 atom stereocenters. The Balaban J connectivity index is 2.34. The molecule has 2 aliphatic heterocycles. The summed E-state index contributed by atoms with van der Waals surface area (Å²) in [6.07, 6.45) is 1.94. The maximum absolute atomic E-state index is 12.4. The van der Waals surface area contributed by atoms with Crippen molar-refractivity contribution in [3.05, 3.63) is 0 Å². The van der Waals surface area contributed by atoms with E-state index in [2.05, 4.69) is 0 Å². The lowest BCUT2D eigenvalue weighted by Crippen LogP contribution is -2.46. The van der Waals surface area contributed by atoms with E-state index in [9.17, 15) is 13.2 Å². The van der Waals surface area contributed by atoms with Gasteiger partial charge >= 0.3 is 5.97 Å². The number of sulfonamides is 1. The second kappa shape index (κ2) is 3.68. The summed E-state index contributed by atoms with van der Waals surface area (Å²) in [5.74, 6) is -1.39. The Morgan fingerprint density at radius 2 is 1.88 bits per heavy atom. The maximum atomic E-state index is 12.4. The second-order valence-electron chi connectivity index (χ2n) is 5.93. The highest BCUT2D eigenvalue weighted by molar-refractivity contribution is 7.90. The highest BCUT2D eigenvalue weighted by Crippen LogP contribution is 2.45. The number of nitrogens with zero attached hydrogens (tertiary/aromatic N) is 1. The SMILES string of the molecule is CC(C)(C)S(=O)(=O)N1C2CCC1C(C(=O)O)C2. The summed E-state index contributed by atoms with van der Waals surface area (Å²) in [5, 5.41) is 9.10. The van der Waals surface area contributed by atoms with Crippen LogP contribution in [0.3, 0.4) is 0 Å². The summed E-state index contributed by atoms with van der Waals surface area (Å²) in [6, 6.07) is -0.438. The second-order valence-corrected chi connectivity index (χ2v) is 8.52. The third-order valence-corrected chi connectivity index (χ3v) is 6.51. The molecular weight excluding hydrogens is 242 g/mol. The molecule has 2 saturated heterocycles. The molecule has 2 heterocycles. The van der Waals surface area contributed by atoms with Gasteiger partial charge in [-0.05, 0) is 40.0 Å². The monoisotopic (exact) mass is 261 g/mol. The van der Waals surface area contributed by atoms with Crippen molar-refractivity contribution in [3.63, 3.8) is 0 Å². The smallest absolute Gasteiger partial charge is 0.308 e. The fraction of sp³-hybridized carbons (Fsp3) is 0.909. The first-order chi connectivity index (χ1) is 7.66. The van der Waals surface area contributed by atoms with Crippen molar-refractivity contribution < 1.29 is 18.3 Å². The van der Waals surface area contributed by atoms with Gasteiger partial charge in [0.05, 0.1) is 10.7 Å². The van der Waals surface area contributed by atoms with Crippen LogP contribution in [-0.4, -0.2) is 40.6 Å². The molecule has 6 heteroatoms. The quantitative estimate of drug-likeness (QED) is 0.806. The normalized spacial score (nSPS) is 34.2. The van der Waals surface area contributed by atoms with Gasteiger partial charge in [0.25, 0.3) is 0 Å². The van der Waals surface area contributed by atoms with Gasteiger partial charge in [0.1, 0.15) is 0 Å². The molecule has 0 aromatic carbocycles. The lowest BCUT2D eigenvalue weighted by Gasteiger charge is -2.30. The van der Waals surface area contributed by atoms with Crippen molar-refractivity contribution in [2.45, 2.75) is 56.9 Å². The van der Waals surface area contributed by atoms with E-state index >= 15 is 0 Å². The van der Waals surface area contributed by atoms with Crippen molar-refractivity contribution in [1.82, 2.24) is 4.31 Å². The van der Waals surface area contributed by atoms with E-state index < -0.39 is 26.7 Å². The van der Waals surface area contributed by atoms with Crippen LogP contribution in [0.25, 0.3) is 0 Å². The van der Waals surface area contributed by atoms with Gasteiger partial charge in [-0.1, -0.05) is 0 Å². The molecule has 0 aromatic heterocycles. The van der Waals surface area contributed by atoms with E-state index in [0.29, 0.717) is 12.8 Å². The van der Waals surface area contributed by atoms with Gasteiger partial charge in [0.15, 0.2) is 0 Å². The van der Waals surface area contributed by atoms with Crippen LogP contribution in [0, 0.1) is 5.92 Å². The molecule has 0 spiro atoms. The first kappa shape index (κ1) is 12.8. The van der Waals surface area contributed by atoms with Crippen LogP contribution in [-0.2, 0) is 14.8 Å². The van der Waals surface area contributed by atoms with Crippen LogP contribution in [0.1, 0.15) is 40.0 Å². The fourth-order valence-electron chi connectivity index (χ4n) is 2.90. The number of aliphatic carboxylic acids is 1. The first-order valence-corrected chi connectivity index (χ1v) is 7.36. The summed E-state index contributed by atoms with van der Waals surface area (Å²) in [4.78, 5) is 11.1. The molecule has 0 amide bonds. The molecule has 0 saturated carbocycles. The van der Waals surface area contributed by atoms with E-state index in [1.165, 1.54) is 4.31 Å². The lowest BCUT2D eigenvalue weighted by molar-refractivity contribution is -0.142. The van der Waals surface area contributed by atoms with Gasteiger partial charge < -0.3 is 5.11 Å². The van der Waals surface area contributed by atoms with Gasteiger partial charge in [-0.15, -0.1) is 0 Å². The van der Waals surface area contributed by atoms with Crippen LogP contribution in [0.5, 0.6) is 0 Å². The number of fused-ring (bicyclic) bond motifs is 2. The minimum Gasteiger partial charge on any atom is -0.481 e. The van der Waals surface area contributed by atoms with E-state index in [1.54, 1.807) is 20.8 Å². The zero-order valence-electron chi connectivity index (χ0n) is 10.4. The van der Waals surface area contributed by atoms with E-state index in [0.717, 1.165) is 6.42 Å². The molecule has 1 N–H and O–H groups in total. The van der Waals surface area contributed by atoms with Crippen LogP contribution in [0.4, 0.5) is 0 Å². The molecule has 2 fully saturated rings. The maximum Gasteiger partial charge on any atom is 0.308 e. The summed E-state index contributed by atoms with van der Waals surface area (Å²) in [7, 11) is -3.41. The summed E-state index contributed by atoms with van der Waals surface area (Å²) < 4.78 is 25.5. The lowest BCUT2D eigenvalue weighted by atomic mass is 9.89. The Kier molecular flexibility index (Phi) is 2.78. The zero-order valence-corrected chi connectivity index (χ0v) is 11.2. The number of carboxylic acids is 1. The van der Waals surface area contributed by atoms with Gasteiger partial charge in [0.2, 0.25) is 10.0 Å². The van der Waals surface area contributed by atoms with Crippen LogP contribution >= 0.6 is 0 Å². The van der Waals surface area contributed by atoms with Gasteiger partial charge in [-0.25, -0.2) is 8.42 Å². The van der Waals surface area contributed by atoms with Crippen molar-refractivity contribution in [2.24, 2.45) is 5.92 Å². The standard InChI is InChI=1S/C11H19NO4S/c1-11(2,3)17(15,16)12-7-4-5-9(12)8(6-7)10(13)14/h7-9H,4-6H2,1-3H3,(H,13,14). The molecule has 98 valence electrons. The van der Waals surface area contributed by atoms with Gasteiger partial charge in [-0.2, -0.15) is 4.31 Å². The molecule has 2 rings (SSSR count). The van der Waals surface area contributed by atoms with E-state index in [1.807, 2.05) is 0 Å². The fourth-order valence-corrected chi connectivity index (χ4v) is 4.72. The molecule has 0 aliphatic carbocycles. The summed E-state index contributed by atoms with van der Waals surface area (Å²) in [6.45, 7) is 4.99. The average molecular weight is 261 g/mol. The zero-order chi connectivity index (χ0) is 13.0. The summed E-state index contributed by atoms with van der Waals surface area (Å²) >= 11 is 0. The Morgan fingerprint density at radius 3 is 2.29 bits per heavy atom. The molecule has 0 radical (unpaired) electrons. The Labute approximate surface area is 102 Å². The van der Waals surface area contributed by atoms with Crippen molar-refractivity contribution in [3.8, 4) is 0 Å². The molecule has 3 unspecified atom stereocenters. The molecule has 0 aromatic rings. The number of hydrogen-bond acceptors (Lipinski definition) is 3. The van der Waals surface area contributed by atoms with E-state index in [4.69, 9.17) is 5.11 Å². The number of hydrogen-bond donors (Lipinski definition) is 1. The predicted molar refractivity (Wildman–Crippen MR) is 63.1 cm³/mol. The minimum atomic E-state index is -3.41. The minimum absolute atomic E-state index is 0.106. The molecular formula is C11H19NO4S. The first-order valence-electron chi connectivity index (χ1n) is 5.92. The van der Waals surface area contributed by atoms with Crippen molar-refractivity contribution >= 4 is 16.0 Å². The van der Waals surface area contributed by atoms with Crippen molar-refractivity contribution in [1.29, 1.82) is 0 Å². The summed E-state index contributed by atoms with van der Waals surface area (Å²) in [5.41, 5.74) is 0. The number of carbonyl (C=O) groups is 1. The van der Waals surface area contributed by atoms with Crippen LogP contribution < -0.4 is 0 Å². The Hall–Kier alpha value is -0.620. The molecule has 5 nitrogen and oxygen atoms in total. The van der Waals surface area contributed by atoms with Crippen LogP contribution in [0.15, 0.2) is 0 Å². The number of carboxylic acid groups (broad SMARTS) is 1. The molecule has 2 aliphatic rings. The topological polar surface area (TPSA) is 74.7 Å². The Morgan fingerprint density at radius 1 is 1.29 bits per heavy atom. The Bertz CT molecular complexity index is 437. The number of rotatable bonds is 2. The van der Waals surface area contributed by atoms with Gasteiger partial charge in [0, 0.05) is 12.1 Å².